The number of benzene rings is 3. The van der Waals surface area contributed by atoms with E-state index in [-0.39, 0.29) is 60.9 Å². The van der Waals surface area contributed by atoms with Gasteiger partial charge < -0.3 is 14.7 Å². The number of halogens is 5. The number of rotatable bonds is 7. The number of carboxylic acids is 1. The molecule has 0 aromatic heterocycles. The highest BCUT2D eigenvalue weighted by molar-refractivity contribution is 7.92. The third-order valence-corrected chi connectivity index (χ3v) is 9.56. The molecule has 0 spiro atoms. The number of carboxylic acid groups (broad SMARTS) is 1. The molecule has 2 aliphatic rings. The molecular weight excluding hydrogens is 611 g/mol. The fraction of sp³-hybridized carbons (Fsp3) is 0.333. The Morgan fingerprint density at radius 2 is 1.68 bits per heavy atom. The molecule has 44 heavy (non-hydrogen) atoms. The van der Waals surface area contributed by atoms with Crippen molar-refractivity contribution in [3.05, 3.63) is 77.9 Å². The summed E-state index contributed by atoms with van der Waals surface area (Å²) in [4.78, 5) is 25.0. The molecule has 3 aromatic carbocycles. The van der Waals surface area contributed by atoms with Crippen molar-refractivity contribution in [1.82, 2.24) is 4.90 Å². The van der Waals surface area contributed by atoms with Crippen LogP contribution in [0.5, 0.6) is 5.75 Å². The number of hydrogen-bond acceptors (Lipinski definition) is 5. The Morgan fingerprint density at radius 1 is 0.977 bits per heavy atom. The van der Waals surface area contributed by atoms with Crippen LogP contribution in [-0.2, 0) is 25.8 Å². The fourth-order valence-corrected chi connectivity index (χ4v) is 6.91. The first kappa shape index (κ1) is 31.2. The second-order valence-corrected chi connectivity index (χ2v) is 12.5. The molecule has 2 heterocycles. The largest absolute Gasteiger partial charge is 0.486 e. The average molecular weight is 639 g/mol. The van der Waals surface area contributed by atoms with Crippen molar-refractivity contribution >= 4 is 27.6 Å². The standard InChI is InChI=1S/C30H27F5N2O6S/c31-24-6-2-5-23(28(24)32)19-7-9-26-25(15-19)37(44(41,42)22-4-1-3-20(16-22)30(33,34)35)17-21(43-26)8-10-27(38)36-13-11-18(12-14-36)29(39)40/h1-7,9,15-16,18,21H,8,10-14,17H2,(H,39,40). The van der Waals surface area contributed by atoms with Gasteiger partial charge in [0.15, 0.2) is 11.6 Å². The minimum Gasteiger partial charge on any atom is -0.486 e. The van der Waals surface area contributed by atoms with Crippen molar-refractivity contribution in [2.24, 2.45) is 5.92 Å². The van der Waals surface area contributed by atoms with E-state index in [1.165, 1.54) is 35.2 Å². The molecule has 1 saturated heterocycles. The first-order valence-corrected chi connectivity index (χ1v) is 15.2. The Labute approximate surface area is 249 Å². The number of carbonyl (C=O) groups is 2. The summed E-state index contributed by atoms with van der Waals surface area (Å²) in [5.74, 6) is -3.99. The highest BCUT2D eigenvalue weighted by atomic mass is 32.2. The number of likely N-dealkylation sites (tertiary alicyclic amines) is 1. The maximum atomic E-state index is 14.6. The second kappa shape index (κ2) is 12.1. The summed E-state index contributed by atoms with van der Waals surface area (Å²) in [5, 5.41) is 9.19. The van der Waals surface area contributed by atoms with E-state index >= 15 is 0 Å². The first-order chi connectivity index (χ1) is 20.8. The first-order valence-electron chi connectivity index (χ1n) is 13.7. The number of piperidine rings is 1. The van der Waals surface area contributed by atoms with E-state index < -0.39 is 56.3 Å². The van der Waals surface area contributed by atoms with Crippen LogP contribution in [0.1, 0.15) is 31.2 Å². The summed E-state index contributed by atoms with van der Waals surface area (Å²) < 4.78 is 103. The Hall–Kier alpha value is -4.20. The molecule has 5 rings (SSSR count). The lowest BCUT2D eigenvalue weighted by Crippen LogP contribution is -2.44. The Balaban J connectivity index is 1.45. The normalized spacial score (nSPS) is 17.6. The van der Waals surface area contributed by atoms with Crippen LogP contribution in [0.3, 0.4) is 0 Å². The highest BCUT2D eigenvalue weighted by Crippen LogP contribution is 2.42. The molecule has 3 aromatic rings. The van der Waals surface area contributed by atoms with Gasteiger partial charge in [0.05, 0.1) is 28.6 Å². The topological polar surface area (TPSA) is 104 Å². The van der Waals surface area contributed by atoms with Gasteiger partial charge in [0.25, 0.3) is 10.0 Å². The predicted octanol–water partition coefficient (Wildman–Crippen LogP) is 5.71. The summed E-state index contributed by atoms with van der Waals surface area (Å²) in [6, 6.07) is 10.7. The van der Waals surface area contributed by atoms with Crippen molar-refractivity contribution in [3.63, 3.8) is 0 Å². The van der Waals surface area contributed by atoms with Crippen LogP contribution in [0.2, 0.25) is 0 Å². The summed E-state index contributed by atoms with van der Waals surface area (Å²) in [6.07, 6.45) is -5.08. The van der Waals surface area contributed by atoms with E-state index in [0.29, 0.717) is 18.9 Å². The number of aliphatic carboxylic acids is 1. The SMILES string of the molecule is O=C(O)C1CCN(C(=O)CCC2CN(S(=O)(=O)c3cccc(C(F)(F)F)c3)c3cc(-c4cccc(F)c4F)ccc3O2)CC1. The summed E-state index contributed by atoms with van der Waals surface area (Å²) in [5.41, 5.74) is -1.33. The van der Waals surface area contributed by atoms with Gasteiger partial charge in [0.1, 0.15) is 11.9 Å². The number of nitrogens with zero attached hydrogens (tertiary/aromatic N) is 2. The van der Waals surface area contributed by atoms with E-state index in [1.54, 1.807) is 0 Å². The number of anilines is 1. The molecule has 1 N–H and O–H groups in total. The number of fused-ring (bicyclic) bond motifs is 1. The molecule has 1 fully saturated rings. The number of alkyl halides is 3. The van der Waals surface area contributed by atoms with Gasteiger partial charge in [-0.15, -0.1) is 0 Å². The van der Waals surface area contributed by atoms with Crippen LogP contribution in [0.4, 0.5) is 27.6 Å². The van der Waals surface area contributed by atoms with Crippen LogP contribution in [-0.4, -0.2) is 56.0 Å². The van der Waals surface area contributed by atoms with E-state index in [0.717, 1.165) is 28.6 Å². The van der Waals surface area contributed by atoms with Crippen LogP contribution in [0, 0.1) is 17.6 Å². The van der Waals surface area contributed by atoms with Crippen molar-refractivity contribution < 1.29 is 49.8 Å². The lowest BCUT2D eigenvalue weighted by molar-refractivity contribution is -0.145. The molecular formula is C30H27F5N2O6S. The Morgan fingerprint density at radius 3 is 2.36 bits per heavy atom. The molecule has 1 atom stereocenters. The molecule has 1 amide bonds. The molecule has 0 radical (unpaired) electrons. The maximum absolute atomic E-state index is 14.6. The van der Waals surface area contributed by atoms with Crippen molar-refractivity contribution in [2.75, 3.05) is 23.9 Å². The molecule has 0 saturated carbocycles. The van der Waals surface area contributed by atoms with Crippen LogP contribution in [0.25, 0.3) is 11.1 Å². The summed E-state index contributed by atoms with van der Waals surface area (Å²) >= 11 is 0. The lowest BCUT2D eigenvalue weighted by atomic mass is 9.97. The van der Waals surface area contributed by atoms with Crippen molar-refractivity contribution in [3.8, 4) is 16.9 Å². The molecule has 14 heteroatoms. The predicted molar refractivity (Wildman–Crippen MR) is 148 cm³/mol. The Bertz CT molecular complexity index is 1690. The van der Waals surface area contributed by atoms with E-state index in [2.05, 4.69) is 0 Å². The van der Waals surface area contributed by atoms with E-state index in [9.17, 15) is 45.1 Å². The number of amides is 1. The summed E-state index contributed by atoms with van der Waals surface area (Å²) in [6.45, 7) is 0.147. The highest BCUT2D eigenvalue weighted by Gasteiger charge is 2.38. The third-order valence-electron chi connectivity index (χ3n) is 7.78. The molecule has 0 bridgehead atoms. The van der Waals surface area contributed by atoms with E-state index in [4.69, 9.17) is 4.74 Å². The molecule has 234 valence electrons. The zero-order chi connectivity index (χ0) is 31.8. The number of carbonyl (C=O) groups excluding carboxylic acids is 1. The van der Waals surface area contributed by atoms with Gasteiger partial charge in [-0.1, -0.05) is 24.3 Å². The maximum Gasteiger partial charge on any atom is 0.416 e. The lowest BCUT2D eigenvalue weighted by Gasteiger charge is -2.36. The average Bonchev–Trinajstić information content (AvgIpc) is 3.00. The van der Waals surface area contributed by atoms with Gasteiger partial charge in [-0.2, -0.15) is 13.2 Å². The minimum absolute atomic E-state index is 0.0204. The van der Waals surface area contributed by atoms with Gasteiger partial charge in [-0.25, -0.2) is 17.2 Å². The van der Waals surface area contributed by atoms with Crippen molar-refractivity contribution in [2.45, 2.75) is 42.9 Å². The molecule has 2 aliphatic heterocycles. The second-order valence-electron chi connectivity index (χ2n) is 10.6. The third kappa shape index (κ3) is 6.35. The van der Waals surface area contributed by atoms with E-state index in [1.807, 2.05) is 0 Å². The van der Waals surface area contributed by atoms with Crippen LogP contribution in [0.15, 0.2) is 65.6 Å². The number of ether oxygens (including phenoxy) is 1. The van der Waals surface area contributed by atoms with Gasteiger partial charge in [-0.05, 0) is 61.2 Å². The molecule has 8 nitrogen and oxygen atoms in total. The fourth-order valence-electron chi connectivity index (χ4n) is 5.36. The zero-order valence-electron chi connectivity index (χ0n) is 23.1. The monoisotopic (exact) mass is 638 g/mol. The van der Waals surface area contributed by atoms with Crippen LogP contribution >= 0.6 is 0 Å². The van der Waals surface area contributed by atoms with Gasteiger partial charge in [0, 0.05) is 25.1 Å². The summed E-state index contributed by atoms with van der Waals surface area (Å²) in [7, 11) is -4.65. The van der Waals surface area contributed by atoms with Gasteiger partial charge in [0.2, 0.25) is 5.91 Å². The number of sulfonamides is 1. The Kier molecular flexibility index (Phi) is 8.56. The minimum atomic E-state index is -4.81. The van der Waals surface area contributed by atoms with Gasteiger partial charge in [-0.3, -0.25) is 13.9 Å². The molecule has 0 aliphatic carbocycles. The van der Waals surface area contributed by atoms with Gasteiger partial charge >= 0.3 is 12.1 Å². The smallest absolute Gasteiger partial charge is 0.416 e. The molecule has 1 unspecified atom stereocenters. The zero-order valence-corrected chi connectivity index (χ0v) is 23.9. The quantitative estimate of drug-likeness (QED) is 0.333. The number of hydrogen-bond donors (Lipinski definition) is 1. The van der Waals surface area contributed by atoms with Crippen LogP contribution < -0.4 is 9.04 Å². The van der Waals surface area contributed by atoms with Crippen molar-refractivity contribution in [1.29, 1.82) is 0 Å².